The topological polar surface area (TPSA) is 157 Å². The lowest BCUT2D eigenvalue weighted by Crippen LogP contribution is -2.61. The molecule has 0 radical (unpaired) electrons. The molecule has 0 bridgehead atoms. The average Bonchev–Trinajstić information content (AvgIpc) is 3.72. The summed E-state index contributed by atoms with van der Waals surface area (Å²) in [6.07, 6.45) is 3.79. The van der Waals surface area contributed by atoms with Gasteiger partial charge in [-0.3, -0.25) is 0 Å². The fourth-order valence-electron chi connectivity index (χ4n) is 8.51. The molecule has 0 aromatic rings. The maximum absolute atomic E-state index is 9.91. The summed E-state index contributed by atoms with van der Waals surface area (Å²) in [4.78, 5) is 0. The van der Waals surface area contributed by atoms with Crippen LogP contribution in [0.1, 0.15) is 107 Å². The Labute approximate surface area is 297 Å². The van der Waals surface area contributed by atoms with Crippen LogP contribution in [0.5, 0.6) is 0 Å². The van der Waals surface area contributed by atoms with E-state index in [0.717, 1.165) is 51.6 Å². The molecule has 290 valence electrons. The zero-order valence-corrected chi connectivity index (χ0v) is 31.4. The number of hydrogen-bond donors (Lipinski definition) is 4. The van der Waals surface area contributed by atoms with E-state index in [9.17, 15) is 10.2 Å². The highest BCUT2D eigenvalue weighted by molar-refractivity contribution is 5.04. The Morgan fingerprint density at radius 3 is 1.14 bits per heavy atom. The summed E-state index contributed by atoms with van der Waals surface area (Å²) in [5, 5.41) is 27.1. The van der Waals surface area contributed by atoms with Crippen LogP contribution < -0.4 is 10.6 Å². The minimum atomic E-state index is -0.769. The van der Waals surface area contributed by atoms with Crippen LogP contribution in [-0.2, 0) is 47.4 Å². The fraction of sp³-hybridized carbons (Fsp3) is 1.00. The van der Waals surface area contributed by atoms with Gasteiger partial charge in [0, 0.05) is 25.3 Å². The molecule has 4 N–H and O–H groups in total. The van der Waals surface area contributed by atoms with Crippen LogP contribution in [0.2, 0.25) is 0 Å². The summed E-state index contributed by atoms with van der Waals surface area (Å²) >= 11 is 0. The Morgan fingerprint density at radius 1 is 0.440 bits per heavy atom. The quantitative estimate of drug-likeness (QED) is 0.163. The molecule has 50 heavy (non-hydrogen) atoms. The normalized spacial score (nSPS) is 40.2. The summed E-state index contributed by atoms with van der Waals surface area (Å²) in [5.74, 6) is -3.06. The third kappa shape index (κ3) is 9.03. The second kappa shape index (κ2) is 15.7. The van der Waals surface area contributed by atoms with Crippen molar-refractivity contribution < 1.29 is 57.6 Å². The van der Waals surface area contributed by atoms with Crippen molar-refractivity contribution in [1.82, 2.24) is 10.6 Å². The first-order valence-electron chi connectivity index (χ1n) is 19.0. The van der Waals surface area contributed by atoms with Gasteiger partial charge in [0.2, 0.25) is 0 Å². The van der Waals surface area contributed by atoms with Crippen molar-refractivity contribution in [2.45, 2.75) is 203 Å². The molecule has 0 aromatic carbocycles. The van der Waals surface area contributed by atoms with Gasteiger partial charge >= 0.3 is 0 Å². The van der Waals surface area contributed by atoms with Crippen molar-refractivity contribution in [3.05, 3.63) is 0 Å². The highest BCUT2D eigenvalue weighted by Gasteiger charge is 2.63. The van der Waals surface area contributed by atoms with Gasteiger partial charge in [0.15, 0.2) is 35.7 Å². The molecule has 12 atom stereocenters. The summed E-state index contributed by atoms with van der Waals surface area (Å²) in [5.41, 5.74) is 0. The zero-order chi connectivity index (χ0) is 35.9. The number of aliphatic hydroxyl groups excluding tert-OH is 2. The Hall–Kier alpha value is -0.560. The van der Waals surface area contributed by atoms with E-state index < -0.39 is 35.7 Å². The predicted molar refractivity (Wildman–Crippen MR) is 180 cm³/mol. The number of fused-ring (bicyclic) bond motifs is 6. The predicted octanol–water partition coefficient (Wildman–Crippen LogP) is 2.80. The Kier molecular flexibility index (Phi) is 12.3. The number of hydrogen-bond acceptors (Lipinski definition) is 14. The van der Waals surface area contributed by atoms with Gasteiger partial charge in [-0.05, 0) is 94.2 Å². The summed E-state index contributed by atoms with van der Waals surface area (Å²) in [6.45, 7) is 16.9. The van der Waals surface area contributed by atoms with Crippen LogP contribution in [0.25, 0.3) is 0 Å². The highest BCUT2D eigenvalue weighted by atomic mass is 16.9. The number of rotatable bonds is 17. The zero-order valence-electron chi connectivity index (χ0n) is 31.4. The Morgan fingerprint density at radius 2 is 0.760 bits per heavy atom. The monoisotopic (exact) mass is 716 g/mol. The lowest BCUT2D eigenvalue weighted by molar-refractivity contribution is -0.240. The van der Waals surface area contributed by atoms with Gasteiger partial charge in [-0.2, -0.15) is 0 Å². The standard InChI is InChI=1S/C36H64N2O12/c1-33(2)43-25-23(41-31-29(27(25)45-33)47-35(5,6)49-31)21(15-19-39)37-17-13-11-9-10-12-14-18-38-22(16-20-40)24-26-28(46-34(3,4)44-26)30-32(42-24)50-36(7,8)48-30/h21-32,37-40H,9-20H2,1-8H3/t21-,22-,23+,24+,25-,26-,27-,28-,29+,30+,31+,32+/m0/s1. The molecule has 0 spiro atoms. The Balaban J connectivity index is 0.907. The molecule has 6 heterocycles. The molecule has 0 aliphatic carbocycles. The molecule has 0 aromatic heterocycles. The van der Waals surface area contributed by atoms with Crippen LogP contribution in [0.4, 0.5) is 0 Å². The molecule has 0 amide bonds. The minimum absolute atomic E-state index is 0.0394. The average molecular weight is 717 g/mol. The van der Waals surface area contributed by atoms with Crippen molar-refractivity contribution in [2.75, 3.05) is 26.3 Å². The molecule has 6 aliphatic rings. The van der Waals surface area contributed by atoms with Gasteiger partial charge in [-0.15, -0.1) is 0 Å². The SMILES string of the molecule is CC1(C)O[C@@H]2[C@H](O1)[C@H]1OC(C)(C)O[C@H]1O[C@@H]2[C@H](CCO)NCCCCCCCCN[C@@H](CCO)[C@H]1O[C@@H]2OC(C)(C)O[C@@H]2[C@H]2OC(C)(C)O[C@H]21. The van der Waals surface area contributed by atoms with Crippen molar-refractivity contribution in [2.24, 2.45) is 0 Å². The fourth-order valence-corrected chi connectivity index (χ4v) is 8.51. The van der Waals surface area contributed by atoms with Crippen LogP contribution in [-0.4, -0.2) is 133 Å². The highest BCUT2D eigenvalue weighted by Crippen LogP contribution is 2.46. The molecule has 14 nitrogen and oxygen atoms in total. The van der Waals surface area contributed by atoms with Crippen molar-refractivity contribution in [3.8, 4) is 0 Å². The van der Waals surface area contributed by atoms with E-state index in [-0.39, 0.29) is 74.1 Å². The number of aliphatic hydroxyl groups is 2. The molecule has 6 aliphatic heterocycles. The lowest BCUT2D eigenvalue weighted by Gasteiger charge is -2.41. The van der Waals surface area contributed by atoms with E-state index in [1.54, 1.807) is 0 Å². The van der Waals surface area contributed by atoms with Gasteiger partial charge in [0.25, 0.3) is 0 Å². The first-order chi connectivity index (χ1) is 23.6. The first kappa shape index (κ1) is 39.1. The van der Waals surface area contributed by atoms with Gasteiger partial charge < -0.3 is 68.2 Å². The van der Waals surface area contributed by atoms with E-state index in [2.05, 4.69) is 10.6 Å². The molecule has 6 saturated heterocycles. The second-order valence-corrected chi connectivity index (χ2v) is 16.5. The summed E-state index contributed by atoms with van der Waals surface area (Å²) < 4.78 is 62.5. The Bertz CT molecular complexity index is 1020. The maximum atomic E-state index is 9.91. The third-order valence-corrected chi connectivity index (χ3v) is 10.5. The number of unbranched alkanes of at least 4 members (excludes halogenated alkanes) is 5. The smallest absolute Gasteiger partial charge is 0.190 e. The van der Waals surface area contributed by atoms with E-state index in [1.165, 1.54) is 0 Å². The number of nitrogens with one attached hydrogen (secondary N) is 2. The van der Waals surface area contributed by atoms with Crippen molar-refractivity contribution in [1.29, 1.82) is 0 Å². The van der Waals surface area contributed by atoms with Gasteiger partial charge in [0.1, 0.15) is 48.8 Å². The van der Waals surface area contributed by atoms with E-state index in [4.69, 9.17) is 47.4 Å². The lowest BCUT2D eigenvalue weighted by atomic mass is 9.92. The van der Waals surface area contributed by atoms with Gasteiger partial charge in [-0.1, -0.05) is 25.7 Å². The van der Waals surface area contributed by atoms with E-state index in [1.807, 2.05) is 55.4 Å². The third-order valence-electron chi connectivity index (χ3n) is 10.5. The molecule has 0 unspecified atom stereocenters. The molecule has 0 saturated carbocycles. The first-order valence-corrected chi connectivity index (χ1v) is 19.0. The van der Waals surface area contributed by atoms with Gasteiger partial charge in [0.05, 0.1) is 0 Å². The minimum Gasteiger partial charge on any atom is -0.396 e. The maximum Gasteiger partial charge on any atom is 0.190 e. The van der Waals surface area contributed by atoms with Crippen LogP contribution in [0.3, 0.4) is 0 Å². The molecule has 14 heteroatoms. The largest absolute Gasteiger partial charge is 0.396 e. The van der Waals surface area contributed by atoms with E-state index in [0.29, 0.717) is 12.8 Å². The molecule has 6 rings (SSSR count). The molecular formula is C36H64N2O12. The second-order valence-electron chi connectivity index (χ2n) is 16.5. The van der Waals surface area contributed by atoms with Crippen molar-refractivity contribution >= 4 is 0 Å². The molecular weight excluding hydrogens is 652 g/mol. The molecule has 6 fully saturated rings. The summed E-state index contributed by atoms with van der Waals surface area (Å²) in [7, 11) is 0. The van der Waals surface area contributed by atoms with Crippen LogP contribution in [0, 0.1) is 0 Å². The summed E-state index contributed by atoms with van der Waals surface area (Å²) in [6, 6.07) is -0.228. The van der Waals surface area contributed by atoms with Gasteiger partial charge in [-0.25, -0.2) is 0 Å². The van der Waals surface area contributed by atoms with E-state index >= 15 is 0 Å². The van der Waals surface area contributed by atoms with Crippen molar-refractivity contribution in [3.63, 3.8) is 0 Å². The van der Waals surface area contributed by atoms with Crippen LogP contribution in [0.15, 0.2) is 0 Å². The van der Waals surface area contributed by atoms with Crippen LogP contribution >= 0.6 is 0 Å². The number of ether oxygens (including phenoxy) is 10.